The molecule has 0 aromatic rings. The lowest BCUT2D eigenvalue weighted by Gasteiger charge is -2.22. The van der Waals surface area contributed by atoms with Crippen molar-refractivity contribution in [2.45, 2.75) is 175 Å². The molecule has 0 saturated heterocycles. The Labute approximate surface area is 238 Å². The molecule has 0 aliphatic heterocycles. The molecule has 6 heteroatoms. The highest BCUT2D eigenvalue weighted by atomic mass is 31.2. The molecule has 0 aliphatic rings. The molecule has 0 saturated carbocycles. The summed E-state index contributed by atoms with van der Waals surface area (Å²) in [6.45, 7) is 11.1. The van der Waals surface area contributed by atoms with Crippen molar-refractivity contribution in [3.8, 4) is 0 Å². The van der Waals surface area contributed by atoms with E-state index >= 15 is 0 Å². The second-order valence-corrected chi connectivity index (χ2v) is 12.9. The number of unbranched alkanes of at least 4 members (excludes halogenated alkanes) is 20. The number of phosphoric acid groups is 1. The lowest BCUT2D eigenvalue weighted by atomic mass is 10.1. The van der Waals surface area contributed by atoms with E-state index in [2.05, 4.69) is 25.7 Å². The van der Waals surface area contributed by atoms with Crippen LogP contribution in [0.1, 0.15) is 175 Å². The van der Waals surface area contributed by atoms with Crippen molar-refractivity contribution in [3.05, 3.63) is 0 Å². The van der Waals surface area contributed by atoms with Gasteiger partial charge in [-0.3, -0.25) is 9.05 Å². The summed E-state index contributed by atoms with van der Waals surface area (Å²) in [5.41, 5.74) is 0. The molecule has 5 nitrogen and oxygen atoms in total. The third kappa shape index (κ3) is 29.1. The summed E-state index contributed by atoms with van der Waals surface area (Å²) in [5.74, 6) is 0. The van der Waals surface area contributed by atoms with Crippen LogP contribution >= 0.6 is 7.82 Å². The molecular weight excluding hydrogens is 493 g/mol. The van der Waals surface area contributed by atoms with Crippen molar-refractivity contribution in [2.75, 3.05) is 32.8 Å². The van der Waals surface area contributed by atoms with Crippen LogP contribution in [0.15, 0.2) is 0 Å². The van der Waals surface area contributed by atoms with Gasteiger partial charge in [0.05, 0.1) is 13.2 Å². The van der Waals surface area contributed by atoms with Crippen LogP contribution in [0, 0.1) is 0 Å². The van der Waals surface area contributed by atoms with Crippen LogP contribution in [0.3, 0.4) is 0 Å². The minimum Gasteiger partial charge on any atom is -0.303 e. The molecule has 0 aliphatic carbocycles. The zero-order valence-corrected chi connectivity index (χ0v) is 27.0. The van der Waals surface area contributed by atoms with Crippen molar-refractivity contribution in [2.24, 2.45) is 0 Å². The lowest BCUT2D eigenvalue weighted by Crippen LogP contribution is -2.27. The average molecular weight is 562 g/mol. The van der Waals surface area contributed by atoms with E-state index in [9.17, 15) is 9.46 Å². The summed E-state index contributed by atoms with van der Waals surface area (Å²) in [6, 6.07) is 0. The first-order valence-electron chi connectivity index (χ1n) is 16.9. The van der Waals surface area contributed by atoms with Crippen molar-refractivity contribution in [3.63, 3.8) is 0 Å². The summed E-state index contributed by atoms with van der Waals surface area (Å²) < 4.78 is 22.4. The van der Waals surface area contributed by atoms with Crippen molar-refractivity contribution in [1.29, 1.82) is 0 Å². The van der Waals surface area contributed by atoms with Crippen LogP contribution in [0.25, 0.3) is 0 Å². The molecule has 0 heterocycles. The Balaban J connectivity index is 3.86. The van der Waals surface area contributed by atoms with E-state index in [1.165, 1.54) is 142 Å². The highest BCUT2D eigenvalue weighted by Crippen LogP contribution is 2.43. The van der Waals surface area contributed by atoms with Crippen LogP contribution in [0.2, 0.25) is 0 Å². The number of hydrogen-bond donors (Lipinski definition) is 1. The van der Waals surface area contributed by atoms with E-state index < -0.39 is 7.82 Å². The quantitative estimate of drug-likeness (QED) is 0.0654. The molecular formula is C32H68NO4P. The predicted molar refractivity (Wildman–Crippen MR) is 166 cm³/mol. The molecule has 0 fully saturated rings. The second-order valence-electron chi connectivity index (χ2n) is 11.4. The number of nitrogens with zero attached hydrogens (tertiary/aromatic N) is 1. The molecule has 0 rings (SSSR count). The fourth-order valence-corrected chi connectivity index (χ4v) is 5.79. The number of hydrogen-bond acceptors (Lipinski definition) is 4. The number of rotatable bonds is 32. The maximum Gasteiger partial charge on any atom is 0.472 e. The van der Waals surface area contributed by atoms with E-state index in [4.69, 9.17) is 9.05 Å². The monoisotopic (exact) mass is 561 g/mol. The standard InChI is InChI=1S/C32H68NO4P/c1-4-7-10-13-16-17-21-26-31-36-38(34,35)37-32-27-22-20-25-30-33(28-23-18-14-11-8-5-2)29-24-19-15-12-9-6-3/h4-32H2,1-3H3,(H,34,35). The van der Waals surface area contributed by atoms with Gasteiger partial charge in [-0.1, -0.05) is 143 Å². The minimum absolute atomic E-state index is 0.310. The fraction of sp³-hybridized carbons (Fsp3) is 1.00. The third-order valence-electron chi connectivity index (χ3n) is 7.53. The van der Waals surface area contributed by atoms with Gasteiger partial charge in [-0.25, -0.2) is 4.57 Å². The molecule has 0 bridgehead atoms. The van der Waals surface area contributed by atoms with Crippen molar-refractivity contribution >= 4 is 7.82 Å². The fourth-order valence-electron chi connectivity index (χ4n) is 4.99. The molecule has 0 spiro atoms. The van der Waals surface area contributed by atoms with E-state index in [-0.39, 0.29) is 0 Å². The van der Waals surface area contributed by atoms with Gasteiger partial charge < -0.3 is 9.79 Å². The summed E-state index contributed by atoms with van der Waals surface area (Å²) in [5, 5.41) is 0. The van der Waals surface area contributed by atoms with Gasteiger partial charge in [0, 0.05) is 0 Å². The molecule has 0 amide bonds. The van der Waals surface area contributed by atoms with Gasteiger partial charge in [-0.05, 0) is 51.7 Å². The molecule has 1 atom stereocenters. The molecule has 1 N–H and O–H groups in total. The summed E-state index contributed by atoms with van der Waals surface area (Å²) in [4.78, 5) is 12.6. The van der Waals surface area contributed by atoms with Crippen LogP contribution in [-0.2, 0) is 13.6 Å². The maximum absolute atomic E-state index is 12.1. The van der Waals surface area contributed by atoms with E-state index in [0.29, 0.717) is 13.2 Å². The van der Waals surface area contributed by atoms with Crippen LogP contribution < -0.4 is 0 Å². The Morgan fingerprint density at radius 2 is 0.711 bits per heavy atom. The Morgan fingerprint density at radius 3 is 1.03 bits per heavy atom. The van der Waals surface area contributed by atoms with Gasteiger partial charge in [0.1, 0.15) is 0 Å². The third-order valence-corrected chi connectivity index (χ3v) is 8.55. The summed E-state index contributed by atoms with van der Waals surface area (Å²) in [6.07, 6.45) is 30.1. The van der Waals surface area contributed by atoms with E-state index in [1.54, 1.807) is 0 Å². The summed E-state index contributed by atoms with van der Waals surface area (Å²) >= 11 is 0. The van der Waals surface area contributed by atoms with Gasteiger partial charge in [0.15, 0.2) is 0 Å². The van der Waals surface area contributed by atoms with E-state index in [1.807, 2.05) is 0 Å². The van der Waals surface area contributed by atoms with Gasteiger partial charge in [-0.15, -0.1) is 0 Å². The van der Waals surface area contributed by atoms with Gasteiger partial charge >= 0.3 is 7.82 Å². The molecule has 1 unspecified atom stereocenters. The van der Waals surface area contributed by atoms with Gasteiger partial charge in [-0.2, -0.15) is 0 Å². The molecule has 38 heavy (non-hydrogen) atoms. The smallest absolute Gasteiger partial charge is 0.303 e. The molecule has 0 aromatic carbocycles. The normalized spacial score (nSPS) is 13.4. The van der Waals surface area contributed by atoms with Crippen molar-refractivity contribution < 1.29 is 18.5 Å². The Hall–Kier alpha value is 0.0700. The second kappa shape index (κ2) is 30.0. The molecule has 0 radical (unpaired) electrons. The highest BCUT2D eigenvalue weighted by molar-refractivity contribution is 7.47. The van der Waals surface area contributed by atoms with Crippen LogP contribution in [0.5, 0.6) is 0 Å². The number of phosphoric ester groups is 1. The summed E-state index contributed by atoms with van der Waals surface area (Å²) in [7, 11) is -3.89. The van der Waals surface area contributed by atoms with Crippen molar-refractivity contribution in [1.82, 2.24) is 4.90 Å². The van der Waals surface area contributed by atoms with Gasteiger partial charge in [0.25, 0.3) is 0 Å². The predicted octanol–water partition coefficient (Wildman–Crippen LogP) is 10.8. The SMILES string of the molecule is CCCCCCCCCCOP(=O)(O)OCCCCCCN(CCCCCCCC)CCCCCCCC. The molecule has 230 valence electrons. The Morgan fingerprint density at radius 1 is 0.447 bits per heavy atom. The Kier molecular flexibility index (Phi) is 30.1. The zero-order valence-electron chi connectivity index (χ0n) is 26.1. The zero-order chi connectivity index (χ0) is 28.0. The van der Waals surface area contributed by atoms with Crippen LogP contribution in [0.4, 0.5) is 0 Å². The highest BCUT2D eigenvalue weighted by Gasteiger charge is 2.20. The van der Waals surface area contributed by atoms with Crippen LogP contribution in [-0.4, -0.2) is 42.6 Å². The first-order valence-corrected chi connectivity index (χ1v) is 18.4. The topological polar surface area (TPSA) is 59.0 Å². The molecule has 0 aromatic heterocycles. The first kappa shape index (κ1) is 38.1. The van der Waals surface area contributed by atoms with Gasteiger partial charge in [0.2, 0.25) is 0 Å². The largest absolute Gasteiger partial charge is 0.472 e. The minimum atomic E-state index is -3.89. The van der Waals surface area contributed by atoms with E-state index in [0.717, 1.165) is 32.1 Å². The Bertz CT molecular complexity index is 490. The lowest BCUT2D eigenvalue weighted by molar-refractivity contribution is 0.145. The maximum atomic E-state index is 12.1. The first-order chi connectivity index (χ1) is 18.6. The average Bonchev–Trinajstić information content (AvgIpc) is 2.90.